The molecule has 2 N–H and O–H groups in total. The van der Waals surface area contributed by atoms with Crippen molar-refractivity contribution in [2.24, 2.45) is 0 Å². The number of nitrogens with one attached hydrogen (secondary N) is 1. The number of aromatic nitrogens is 1. The summed E-state index contributed by atoms with van der Waals surface area (Å²) in [6.07, 6.45) is 2.50. The molecule has 0 aliphatic carbocycles. The van der Waals surface area contributed by atoms with E-state index < -0.39 is 16.0 Å². The van der Waals surface area contributed by atoms with Crippen LogP contribution in [-0.2, 0) is 15.4 Å². The van der Waals surface area contributed by atoms with Gasteiger partial charge in [-0.15, -0.1) is 0 Å². The third-order valence-electron chi connectivity index (χ3n) is 4.35. The van der Waals surface area contributed by atoms with Crippen molar-refractivity contribution in [2.45, 2.75) is 37.5 Å². The molecule has 1 heterocycles. The van der Waals surface area contributed by atoms with Crippen LogP contribution in [0, 0.1) is 0 Å². The topological polar surface area (TPSA) is 106 Å². The summed E-state index contributed by atoms with van der Waals surface area (Å²) in [7, 11) is -2.61. The number of carboxylic acids is 1. The summed E-state index contributed by atoms with van der Waals surface area (Å²) in [6, 6.07) is 6.82. The lowest BCUT2D eigenvalue weighted by molar-refractivity contribution is 0.0696. The fraction of sp³-hybridized carbons (Fsp3) is 0.333. The molecule has 8 heteroatoms. The first-order valence-corrected chi connectivity index (χ1v) is 9.49. The number of methoxy groups -OCH3 is 1. The molecule has 2 rings (SSSR count). The van der Waals surface area contributed by atoms with Crippen molar-refractivity contribution in [3.63, 3.8) is 0 Å². The molecule has 0 radical (unpaired) electrons. The molecule has 0 unspecified atom stereocenters. The van der Waals surface area contributed by atoms with Gasteiger partial charge in [0.25, 0.3) is 10.0 Å². The highest BCUT2D eigenvalue weighted by Crippen LogP contribution is 2.32. The van der Waals surface area contributed by atoms with E-state index in [0.29, 0.717) is 0 Å². The minimum absolute atomic E-state index is 0.112. The zero-order valence-corrected chi connectivity index (χ0v) is 15.9. The van der Waals surface area contributed by atoms with Gasteiger partial charge in [0.2, 0.25) is 5.88 Å². The van der Waals surface area contributed by atoms with Gasteiger partial charge < -0.3 is 9.84 Å². The molecule has 0 atom stereocenters. The molecule has 0 saturated heterocycles. The fourth-order valence-corrected chi connectivity index (χ4v) is 3.36. The number of benzene rings is 1. The van der Waals surface area contributed by atoms with Gasteiger partial charge in [-0.3, -0.25) is 4.72 Å². The van der Waals surface area contributed by atoms with Gasteiger partial charge in [-0.05, 0) is 41.7 Å². The molecule has 0 aliphatic rings. The van der Waals surface area contributed by atoms with E-state index in [2.05, 4.69) is 9.71 Å². The summed E-state index contributed by atoms with van der Waals surface area (Å²) in [5.41, 5.74) is 0.756. The number of pyridine rings is 1. The maximum Gasteiger partial charge on any atom is 0.335 e. The minimum atomic E-state index is -4.00. The Balaban J connectivity index is 2.47. The number of carboxylic acid groups (broad SMARTS) is 1. The highest BCUT2D eigenvalue weighted by atomic mass is 32.2. The lowest BCUT2D eigenvalue weighted by Crippen LogP contribution is -2.18. The average molecular weight is 378 g/mol. The smallest absolute Gasteiger partial charge is 0.335 e. The second-order valence-electron chi connectivity index (χ2n) is 6.46. The van der Waals surface area contributed by atoms with Crippen LogP contribution in [0.5, 0.6) is 5.88 Å². The van der Waals surface area contributed by atoms with Crippen LogP contribution in [0.3, 0.4) is 0 Å². The SMILES string of the molecule is CCC(C)(C)c1cnc(OC)c(NS(=O)(=O)c2cccc(C(=O)O)c2)c1. The number of sulfonamides is 1. The number of aromatic carboxylic acids is 1. The Bertz CT molecular complexity index is 923. The Labute approximate surface area is 153 Å². The molecule has 0 fully saturated rings. The first-order valence-electron chi connectivity index (χ1n) is 8.01. The molecular weight excluding hydrogens is 356 g/mol. The number of hydrogen-bond acceptors (Lipinski definition) is 5. The largest absolute Gasteiger partial charge is 0.480 e. The number of carbonyl (C=O) groups is 1. The van der Waals surface area contributed by atoms with Gasteiger partial charge in [0.05, 0.1) is 17.6 Å². The van der Waals surface area contributed by atoms with E-state index >= 15 is 0 Å². The summed E-state index contributed by atoms with van der Waals surface area (Å²) in [5, 5.41) is 9.05. The molecule has 2 aromatic rings. The first kappa shape index (κ1) is 19.7. The van der Waals surface area contributed by atoms with Gasteiger partial charge in [0, 0.05) is 6.20 Å². The average Bonchev–Trinajstić information content (AvgIpc) is 2.61. The van der Waals surface area contributed by atoms with E-state index in [1.165, 1.54) is 25.3 Å². The lowest BCUT2D eigenvalue weighted by atomic mass is 9.83. The molecule has 0 aliphatic heterocycles. The van der Waals surface area contributed by atoms with Crippen LogP contribution in [0.2, 0.25) is 0 Å². The second-order valence-corrected chi connectivity index (χ2v) is 8.14. The first-order chi connectivity index (χ1) is 12.1. The fourth-order valence-electron chi connectivity index (χ4n) is 2.26. The standard InChI is InChI=1S/C18H22N2O5S/c1-5-18(2,3)13-10-15(16(25-4)19-11-13)20-26(23,24)14-8-6-7-12(9-14)17(21)22/h6-11,20H,5H2,1-4H3,(H,21,22). The monoisotopic (exact) mass is 378 g/mol. The summed E-state index contributed by atoms with van der Waals surface area (Å²) in [5.74, 6) is -1.06. The van der Waals surface area contributed by atoms with Crippen molar-refractivity contribution in [3.05, 3.63) is 47.7 Å². The van der Waals surface area contributed by atoms with Crippen LogP contribution in [0.1, 0.15) is 43.1 Å². The second kappa shape index (κ2) is 7.33. The summed E-state index contributed by atoms with van der Waals surface area (Å²) < 4.78 is 33.0. The van der Waals surface area contributed by atoms with Crippen LogP contribution in [0.15, 0.2) is 41.4 Å². The van der Waals surface area contributed by atoms with Crippen LogP contribution in [-0.4, -0.2) is 31.6 Å². The van der Waals surface area contributed by atoms with Crippen LogP contribution < -0.4 is 9.46 Å². The Hall–Kier alpha value is -2.61. The Morgan fingerprint density at radius 1 is 1.31 bits per heavy atom. The third-order valence-corrected chi connectivity index (χ3v) is 5.71. The number of nitrogens with zero attached hydrogens (tertiary/aromatic N) is 1. The van der Waals surface area contributed by atoms with E-state index in [1.807, 2.05) is 20.8 Å². The summed E-state index contributed by atoms with van der Waals surface area (Å²) in [4.78, 5) is 15.1. The summed E-state index contributed by atoms with van der Waals surface area (Å²) >= 11 is 0. The van der Waals surface area contributed by atoms with Crippen LogP contribution in [0.25, 0.3) is 0 Å². The number of ether oxygens (including phenoxy) is 1. The van der Waals surface area contributed by atoms with E-state index in [9.17, 15) is 13.2 Å². The van der Waals surface area contributed by atoms with E-state index in [1.54, 1.807) is 12.3 Å². The van der Waals surface area contributed by atoms with Crippen molar-refractivity contribution in [2.75, 3.05) is 11.8 Å². The van der Waals surface area contributed by atoms with Gasteiger partial charge in [0.15, 0.2) is 0 Å². The van der Waals surface area contributed by atoms with E-state index in [0.717, 1.165) is 18.1 Å². The number of hydrogen-bond donors (Lipinski definition) is 2. The molecular formula is C18H22N2O5S. The van der Waals surface area contributed by atoms with Crippen molar-refractivity contribution in [1.82, 2.24) is 4.98 Å². The molecule has 1 aromatic heterocycles. The lowest BCUT2D eigenvalue weighted by Gasteiger charge is -2.24. The Morgan fingerprint density at radius 3 is 2.58 bits per heavy atom. The number of rotatable bonds is 7. The Morgan fingerprint density at radius 2 is 2.00 bits per heavy atom. The highest BCUT2D eigenvalue weighted by molar-refractivity contribution is 7.92. The van der Waals surface area contributed by atoms with Gasteiger partial charge in [0.1, 0.15) is 5.69 Å². The highest BCUT2D eigenvalue weighted by Gasteiger charge is 2.23. The van der Waals surface area contributed by atoms with E-state index in [-0.39, 0.29) is 27.4 Å². The zero-order valence-electron chi connectivity index (χ0n) is 15.1. The van der Waals surface area contributed by atoms with Crippen molar-refractivity contribution >= 4 is 21.7 Å². The predicted octanol–water partition coefficient (Wildman–Crippen LogP) is 3.28. The van der Waals surface area contributed by atoms with Crippen molar-refractivity contribution in [1.29, 1.82) is 0 Å². The van der Waals surface area contributed by atoms with Gasteiger partial charge in [-0.2, -0.15) is 0 Å². The maximum atomic E-state index is 12.7. The van der Waals surface area contributed by atoms with Crippen LogP contribution in [0.4, 0.5) is 5.69 Å². The molecule has 26 heavy (non-hydrogen) atoms. The molecule has 0 bridgehead atoms. The van der Waals surface area contributed by atoms with Crippen molar-refractivity contribution in [3.8, 4) is 5.88 Å². The van der Waals surface area contributed by atoms with Crippen molar-refractivity contribution < 1.29 is 23.1 Å². The molecule has 0 amide bonds. The zero-order chi connectivity index (χ0) is 19.5. The van der Waals surface area contributed by atoms with Gasteiger partial charge >= 0.3 is 5.97 Å². The number of anilines is 1. The third kappa shape index (κ3) is 4.13. The van der Waals surface area contributed by atoms with Crippen LogP contribution >= 0.6 is 0 Å². The molecule has 1 aromatic carbocycles. The quantitative estimate of drug-likeness (QED) is 0.766. The van der Waals surface area contributed by atoms with E-state index in [4.69, 9.17) is 9.84 Å². The van der Waals surface area contributed by atoms with Gasteiger partial charge in [-0.1, -0.05) is 26.8 Å². The maximum absolute atomic E-state index is 12.7. The molecule has 7 nitrogen and oxygen atoms in total. The van der Waals surface area contributed by atoms with Gasteiger partial charge in [-0.25, -0.2) is 18.2 Å². The predicted molar refractivity (Wildman–Crippen MR) is 98.3 cm³/mol. The summed E-state index contributed by atoms with van der Waals surface area (Å²) in [6.45, 7) is 6.10. The minimum Gasteiger partial charge on any atom is -0.480 e. The molecule has 0 saturated carbocycles. The Kier molecular flexibility index (Phi) is 5.56. The normalized spacial score (nSPS) is 11.8. The molecule has 0 spiro atoms. The molecule has 140 valence electrons.